The van der Waals surface area contributed by atoms with Crippen LogP contribution in [0.25, 0.3) is 0 Å². The zero-order valence-electron chi connectivity index (χ0n) is 11.5. The molecule has 1 fully saturated rings. The van der Waals surface area contributed by atoms with Crippen LogP contribution in [-0.2, 0) is 0 Å². The lowest BCUT2D eigenvalue weighted by atomic mass is 9.83. The molecule has 3 nitrogen and oxygen atoms in total. The summed E-state index contributed by atoms with van der Waals surface area (Å²) in [6, 6.07) is 4.60. The van der Waals surface area contributed by atoms with E-state index in [0.29, 0.717) is 11.9 Å². The van der Waals surface area contributed by atoms with Gasteiger partial charge in [-0.15, -0.1) is 0 Å². The molecule has 1 saturated carbocycles. The van der Waals surface area contributed by atoms with E-state index in [9.17, 15) is 0 Å². The van der Waals surface area contributed by atoms with Crippen LogP contribution in [0.2, 0.25) is 0 Å². The third kappa shape index (κ3) is 3.62. The SMILES string of the molecule is CCCC1CCC(Nc2ccnc(OC)c2)CC1. The number of hydrogen-bond donors (Lipinski definition) is 1. The highest BCUT2D eigenvalue weighted by Crippen LogP contribution is 2.29. The van der Waals surface area contributed by atoms with Gasteiger partial charge < -0.3 is 10.1 Å². The highest BCUT2D eigenvalue weighted by molar-refractivity contribution is 5.45. The highest BCUT2D eigenvalue weighted by Gasteiger charge is 2.20. The molecule has 0 unspecified atom stereocenters. The summed E-state index contributed by atoms with van der Waals surface area (Å²) < 4.78 is 5.14. The third-order valence-electron chi connectivity index (χ3n) is 3.86. The third-order valence-corrected chi connectivity index (χ3v) is 3.86. The van der Waals surface area contributed by atoms with E-state index in [-0.39, 0.29) is 0 Å². The van der Waals surface area contributed by atoms with Crippen molar-refractivity contribution in [2.24, 2.45) is 5.92 Å². The predicted octanol–water partition coefficient (Wildman–Crippen LogP) is 3.86. The number of ether oxygens (including phenoxy) is 1. The first kappa shape index (κ1) is 13.2. The molecular weight excluding hydrogens is 224 g/mol. The highest BCUT2D eigenvalue weighted by atomic mass is 16.5. The molecule has 1 aromatic rings. The molecular formula is C15H24N2O. The van der Waals surface area contributed by atoms with E-state index < -0.39 is 0 Å². The fourth-order valence-corrected chi connectivity index (χ4v) is 2.85. The molecule has 1 heterocycles. The number of rotatable bonds is 5. The first-order chi connectivity index (χ1) is 8.81. The molecule has 0 radical (unpaired) electrons. The summed E-state index contributed by atoms with van der Waals surface area (Å²) in [5.41, 5.74) is 1.13. The lowest BCUT2D eigenvalue weighted by Gasteiger charge is -2.29. The monoisotopic (exact) mass is 248 g/mol. The zero-order chi connectivity index (χ0) is 12.8. The molecule has 1 aromatic heterocycles. The minimum Gasteiger partial charge on any atom is -0.481 e. The smallest absolute Gasteiger partial charge is 0.214 e. The molecule has 1 aliphatic carbocycles. The Hall–Kier alpha value is -1.25. The second-order valence-corrected chi connectivity index (χ2v) is 5.24. The number of nitrogens with one attached hydrogen (secondary N) is 1. The Kier molecular flexibility index (Phi) is 4.85. The maximum Gasteiger partial charge on any atom is 0.214 e. The standard InChI is InChI=1S/C15H24N2O/c1-3-4-12-5-7-13(8-6-12)17-14-9-10-16-15(11-14)18-2/h9-13H,3-8H2,1-2H3,(H,16,17). The molecule has 1 aliphatic rings. The average molecular weight is 248 g/mol. The van der Waals surface area contributed by atoms with Crippen LogP contribution < -0.4 is 10.1 Å². The molecule has 0 bridgehead atoms. The molecule has 1 N–H and O–H groups in total. The van der Waals surface area contributed by atoms with Crippen molar-refractivity contribution in [2.75, 3.05) is 12.4 Å². The fraction of sp³-hybridized carbons (Fsp3) is 0.667. The van der Waals surface area contributed by atoms with Crippen LogP contribution in [0.15, 0.2) is 18.3 Å². The summed E-state index contributed by atoms with van der Waals surface area (Å²) in [5.74, 6) is 1.64. The van der Waals surface area contributed by atoms with Crippen molar-refractivity contribution in [1.29, 1.82) is 0 Å². The molecule has 0 atom stereocenters. The first-order valence-electron chi connectivity index (χ1n) is 7.08. The van der Waals surface area contributed by atoms with Gasteiger partial charge in [-0.3, -0.25) is 0 Å². The van der Waals surface area contributed by atoms with E-state index in [1.807, 2.05) is 12.1 Å². The molecule has 2 rings (SSSR count). The topological polar surface area (TPSA) is 34.2 Å². The lowest BCUT2D eigenvalue weighted by Crippen LogP contribution is -2.26. The average Bonchev–Trinajstić information content (AvgIpc) is 2.42. The molecule has 0 aromatic carbocycles. The molecule has 0 amide bonds. The Morgan fingerprint density at radius 2 is 2.11 bits per heavy atom. The second kappa shape index (κ2) is 6.62. The van der Waals surface area contributed by atoms with Crippen molar-refractivity contribution in [3.05, 3.63) is 18.3 Å². The minimum absolute atomic E-state index is 0.616. The maximum atomic E-state index is 5.14. The van der Waals surface area contributed by atoms with Crippen LogP contribution in [0, 0.1) is 5.92 Å². The molecule has 18 heavy (non-hydrogen) atoms. The summed E-state index contributed by atoms with van der Waals surface area (Å²) in [6.07, 6.45) is 9.83. The van der Waals surface area contributed by atoms with Gasteiger partial charge >= 0.3 is 0 Å². The molecule has 0 saturated heterocycles. The van der Waals surface area contributed by atoms with Gasteiger partial charge in [0.25, 0.3) is 0 Å². The summed E-state index contributed by atoms with van der Waals surface area (Å²) >= 11 is 0. The first-order valence-corrected chi connectivity index (χ1v) is 7.08. The summed E-state index contributed by atoms with van der Waals surface area (Å²) in [4.78, 5) is 4.13. The number of methoxy groups -OCH3 is 1. The minimum atomic E-state index is 0.616. The summed E-state index contributed by atoms with van der Waals surface area (Å²) in [7, 11) is 1.65. The van der Waals surface area contributed by atoms with Gasteiger partial charge in [-0.1, -0.05) is 19.8 Å². The number of hydrogen-bond acceptors (Lipinski definition) is 3. The van der Waals surface area contributed by atoms with E-state index in [0.717, 1.165) is 11.6 Å². The van der Waals surface area contributed by atoms with Gasteiger partial charge in [0, 0.05) is 24.0 Å². The van der Waals surface area contributed by atoms with Crippen LogP contribution in [0.5, 0.6) is 5.88 Å². The Morgan fingerprint density at radius 1 is 1.33 bits per heavy atom. The maximum absolute atomic E-state index is 5.14. The van der Waals surface area contributed by atoms with Gasteiger partial charge in [-0.2, -0.15) is 0 Å². The van der Waals surface area contributed by atoms with Gasteiger partial charge in [0.05, 0.1) is 7.11 Å². The van der Waals surface area contributed by atoms with E-state index in [1.54, 1.807) is 13.3 Å². The Morgan fingerprint density at radius 3 is 2.78 bits per heavy atom. The summed E-state index contributed by atoms with van der Waals surface area (Å²) in [5, 5.41) is 3.60. The Bertz CT molecular complexity index is 359. The van der Waals surface area contributed by atoms with Crippen LogP contribution in [0.1, 0.15) is 45.4 Å². The Balaban J connectivity index is 1.83. The molecule has 3 heteroatoms. The quantitative estimate of drug-likeness (QED) is 0.859. The normalized spacial score (nSPS) is 23.7. The van der Waals surface area contributed by atoms with Crippen molar-refractivity contribution >= 4 is 5.69 Å². The number of nitrogens with zero attached hydrogens (tertiary/aromatic N) is 1. The number of pyridine rings is 1. The Labute approximate surface area is 110 Å². The zero-order valence-corrected chi connectivity index (χ0v) is 11.5. The number of aromatic nitrogens is 1. The fourth-order valence-electron chi connectivity index (χ4n) is 2.85. The number of anilines is 1. The van der Waals surface area contributed by atoms with Crippen molar-refractivity contribution in [1.82, 2.24) is 4.98 Å². The van der Waals surface area contributed by atoms with Crippen LogP contribution in [0.3, 0.4) is 0 Å². The van der Waals surface area contributed by atoms with Crippen molar-refractivity contribution in [3.63, 3.8) is 0 Å². The molecule has 100 valence electrons. The van der Waals surface area contributed by atoms with Gasteiger partial charge in [0.2, 0.25) is 5.88 Å². The van der Waals surface area contributed by atoms with Gasteiger partial charge in [-0.25, -0.2) is 4.98 Å². The van der Waals surface area contributed by atoms with Crippen molar-refractivity contribution < 1.29 is 4.74 Å². The van der Waals surface area contributed by atoms with E-state index in [1.165, 1.54) is 38.5 Å². The van der Waals surface area contributed by atoms with Gasteiger partial charge in [0.1, 0.15) is 0 Å². The van der Waals surface area contributed by atoms with Crippen molar-refractivity contribution in [3.8, 4) is 5.88 Å². The lowest BCUT2D eigenvalue weighted by molar-refractivity contribution is 0.319. The predicted molar refractivity (Wildman–Crippen MR) is 75.1 cm³/mol. The van der Waals surface area contributed by atoms with Gasteiger partial charge in [0.15, 0.2) is 0 Å². The largest absolute Gasteiger partial charge is 0.481 e. The molecule has 0 aliphatic heterocycles. The van der Waals surface area contributed by atoms with Crippen molar-refractivity contribution in [2.45, 2.75) is 51.5 Å². The molecule has 0 spiro atoms. The van der Waals surface area contributed by atoms with E-state index >= 15 is 0 Å². The van der Waals surface area contributed by atoms with E-state index in [2.05, 4.69) is 17.2 Å². The second-order valence-electron chi connectivity index (χ2n) is 5.24. The van der Waals surface area contributed by atoms with Crippen LogP contribution in [-0.4, -0.2) is 18.1 Å². The van der Waals surface area contributed by atoms with Crippen LogP contribution >= 0.6 is 0 Å². The summed E-state index contributed by atoms with van der Waals surface area (Å²) in [6.45, 7) is 2.29. The van der Waals surface area contributed by atoms with E-state index in [4.69, 9.17) is 4.74 Å². The van der Waals surface area contributed by atoms with Crippen LogP contribution in [0.4, 0.5) is 5.69 Å². The van der Waals surface area contributed by atoms with Gasteiger partial charge in [-0.05, 0) is 37.7 Å².